The van der Waals surface area contributed by atoms with Gasteiger partial charge < -0.3 is 14.9 Å². The van der Waals surface area contributed by atoms with Crippen LogP contribution in [0.3, 0.4) is 0 Å². The van der Waals surface area contributed by atoms with Crippen molar-refractivity contribution in [3.05, 3.63) is 0 Å². The number of hydrogen-bond acceptors (Lipinski definition) is 3. The molecule has 0 spiro atoms. The molecule has 1 atom stereocenters. The Kier molecular flexibility index (Phi) is 6.70. The molecule has 4 heteroatoms. The maximum absolute atomic E-state index is 10.1. The van der Waals surface area contributed by atoms with Crippen molar-refractivity contribution in [2.75, 3.05) is 13.2 Å². The van der Waals surface area contributed by atoms with Crippen molar-refractivity contribution >= 4 is 5.97 Å². The fraction of sp³-hybridized carbons (Fsp3) is 0.875. The minimum Gasteiger partial charge on any atom is -0.481 e. The highest BCUT2D eigenvalue weighted by molar-refractivity contribution is 5.66. The lowest BCUT2D eigenvalue weighted by molar-refractivity contribution is -0.137. The van der Waals surface area contributed by atoms with E-state index in [9.17, 15) is 4.79 Å². The molecule has 0 bridgehead atoms. The zero-order valence-electron chi connectivity index (χ0n) is 7.32. The molecule has 0 aliphatic heterocycles. The van der Waals surface area contributed by atoms with Crippen LogP contribution in [0, 0.1) is 0 Å². The average Bonchev–Trinajstić information content (AvgIpc) is 1.95. The van der Waals surface area contributed by atoms with Crippen LogP contribution in [0.15, 0.2) is 0 Å². The summed E-state index contributed by atoms with van der Waals surface area (Å²) >= 11 is 0. The Morgan fingerprint density at radius 2 is 2.17 bits per heavy atom. The first-order valence-corrected chi connectivity index (χ1v) is 4.10. The fourth-order valence-corrected chi connectivity index (χ4v) is 0.734. The van der Waals surface area contributed by atoms with Gasteiger partial charge >= 0.3 is 5.97 Å². The SMILES string of the molecule is C[C@@H](O)COCCCCC(=O)O. The molecule has 0 unspecified atom stereocenters. The number of unbranched alkanes of at least 4 members (excludes halogenated alkanes) is 1. The molecule has 0 aromatic carbocycles. The van der Waals surface area contributed by atoms with Crippen LogP contribution in [0.2, 0.25) is 0 Å². The van der Waals surface area contributed by atoms with Gasteiger partial charge in [-0.15, -0.1) is 0 Å². The summed E-state index contributed by atoms with van der Waals surface area (Å²) in [6.45, 7) is 2.50. The molecule has 72 valence electrons. The molecule has 0 heterocycles. The number of carbonyl (C=O) groups is 1. The lowest BCUT2D eigenvalue weighted by Gasteiger charge is -2.04. The van der Waals surface area contributed by atoms with E-state index in [0.717, 1.165) is 6.42 Å². The molecule has 0 aliphatic carbocycles. The number of aliphatic hydroxyl groups is 1. The van der Waals surface area contributed by atoms with Crippen LogP contribution < -0.4 is 0 Å². The van der Waals surface area contributed by atoms with E-state index >= 15 is 0 Å². The third kappa shape index (κ3) is 9.39. The van der Waals surface area contributed by atoms with Crippen LogP contribution in [-0.4, -0.2) is 35.5 Å². The van der Waals surface area contributed by atoms with Crippen LogP contribution in [0.4, 0.5) is 0 Å². The van der Waals surface area contributed by atoms with Crippen molar-refractivity contribution in [3.8, 4) is 0 Å². The normalized spacial score (nSPS) is 12.8. The third-order valence-corrected chi connectivity index (χ3v) is 1.29. The fourth-order valence-electron chi connectivity index (χ4n) is 0.734. The molecule has 0 aliphatic rings. The van der Waals surface area contributed by atoms with Crippen LogP contribution in [-0.2, 0) is 9.53 Å². The lowest BCUT2D eigenvalue weighted by Crippen LogP contribution is -2.11. The van der Waals surface area contributed by atoms with Gasteiger partial charge in [-0.3, -0.25) is 4.79 Å². The molecule has 2 N–H and O–H groups in total. The summed E-state index contributed by atoms with van der Waals surface area (Å²) in [6.07, 6.45) is 1.12. The topological polar surface area (TPSA) is 66.8 Å². The lowest BCUT2D eigenvalue weighted by atomic mass is 10.2. The van der Waals surface area contributed by atoms with E-state index < -0.39 is 12.1 Å². The summed E-state index contributed by atoms with van der Waals surface area (Å²) in [7, 11) is 0. The van der Waals surface area contributed by atoms with Crippen molar-refractivity contribution in [2.24, 2.45) is 0 Å². The van der Waals surface area contributed by atoms with E-state index in [1.807, 2.05) is 0 Å². The molecular formula is C8H16O4. The van der Waals surface area contributed by atoms with E-state index in [0.29, 0.717) is 19.6 Å². The molecule has 0 rings (SSSR count). The maximum atomic E-state index is 10.1. The summed E-state index contributed by atoms with van der Waals surface area (Å²) in [6, 6.07) is 0. The van der Waals surface area contributed by atoms with Gasteiger partial charge in [-0.2, -0.15) is 0 Å². The number of aliphatic carboxylic acids is 1. The Morgan fingerprint density at radius 1 is 1.50 bits per heavy atom. The average molecular weight is 176 g/mol. The van der Waals surface area contributed by atoms with E-state index in [1.54, 1.807) is 6.92 Å². The Morgan fingerprint density at radius 3 is 2.67 bits per heavy atom. The van der Waals surface area contributed by atoms with Gasteiger partial charge in [0.25, 0.3) is 0 Å². The number of carboxylic acids is 1. The first kappa shape index (κ1) is 11.4. The van der Waals surface area contributed by atoms with Crippen molar-refractivity contribution < 1.29 is 19.7 Å². The molecule has 12 heavy (non-hydrogen) atoms. The van der Waals surface area contributed by atoms with Gasteiger partial charge in [-0.1, -0.05) is 0 Å². The smallest absolute Gasteiger partial charge is 0.303 e. The molecule has 0 aromatic rings. The second-order valence-electron chi connectivity index (χ2n) is 2.77. The number of rotatable bonds is 7. The molecule has 0 fully saturated rings. The van der Waals surface area contributed by atoms with Gasteiger partial charge in [-0.05, 0) is 19.8 Å². The molecule has 0 saturated heterocycles. The molecule has 4 nitrogen and oxygen atoms in total. The van der Waals surface area contributed by atoms with Gasteiger partial charge in [-0.25, -0.2) is 0 Å². The van der Waals surface area contributed by atoms with Crippen molar-refractivity contribution in [1.29, 1.82) is 0 Å². The second-order valence-corrected chi connectivity index (χ2v) is 2.77. The first-order valence-electron chi connectivity index (χ1n) is 4.10. The van der Waals surface area contributed by atoms with Gasteiger partial charge in [0, 0.05) is 13.0 Å². The zero-order chi connectivity index (χ0) is 9.40. The zero-order valence-corrected chi connectivity index (χ0v) is 7.32. The Bertz CT molecular complexity index is 122. The van der Waals surface area contributed by atoms with Crippen LogP contribution in [0.1, 0.15) is 26.2 Å². The minimum atomic E-state index is -0.773. The summed E-state index contributed by atoms with van der Waals surface area (Å²) in [5, 5.41) is 17.1. The minimum absolute atomic E-state index is 0.192. The van der Waals surface area contributed by atoms with E-state index in [2.05, 4.69) is 0 Å². The maximum Gasteiger partial charge on any atom is 0.303 e. The van der Waals surface area contributed by atoms with Gasteiger partial charge in [0.1, 0.15) is 0 Å². The summed E-state index contributed by atoms with van der Waals surface area (Å²) in [5.41, 5.74) is 0. The summed E-state index contributed by atoms with van der Waals surface area (Å²) in [4.78, 5) is 10.1. The molecular weight excluding hydrogens is 160 g/mol. The van der Waals surface area contributed by atoms with Crippen LogP contribution in [0.25, 0.3) is 0 Å². The van der Waals surface area contributed by atoms with Crippen molar-refractivity contribution in [1.82, 2.24) is 0 Å². The van der Waals surface area contributed by atoms with Gasteiger partial charge in [0.05, 0.1) is 12.7 Å². The number of carboxylic acid groups (broad SMARTS) is 1. The predicted octanol–water partition coefficient (Wildman–Crippen LogP) is 0.639. The van der Waals surface area contributed by atoms with Crippen LogP contribution >= 0.6 is 0 Å². The summed E-state index contributed by atoms with van der Waals surface area (Å²) in [5.74, 6) is -0.773. The van der Waals surface area contributed by atoms with E-state index in [1.165, 1.54) is 0 Å². The molecule has 0 radical (unpaired) electrons. The number of hydrogen-bond donors (Lipinski definition) is 2. The summed E-state index contributed by atoms with van der Waals surface area (Å²) < 4.78 is 5.03. The second kappa shape index (κ2) is 7.06. The first-order chi connectivity index (χ1) is 5.63. The molecule has 0 aromatic heterocycles. The Labute approximate surface area is 72.2 Å². The highest BCUT2D eigenvalue weighted by Crippen LogP contribution is 1.96. The quantitative estimate of drug-likeness (QED) is 0.558. The molecule has 0 amide bonds. The Hall–Kier alpha value is -0.610. The van der Waals surface area contributed by atoms with Crippen molar-refractivity contribution in [3.63, 3.8) is 0 Å². The highest BCUT2D eigenvalue weighted by Gasteiger charge is 1.97. The van der Waals surface area contributed by atoms with E-state index in [-0.39, 0.29) is 6.42 Å². The van der Waals surface area contributed by atoms with Gasteiger partial charge in [0.2, 0.25) is 0 Å². The third-order valence-electron chi connectivity index (χ3n) is 1.29. The largest absolute Gasteiger partial charge is 0.481 e. The predicted molar refractivity (Wildman–Crippen MR) is 44.0 cm³/mol. The van der Waals surface area contributed by atoms with E-state index in [4.69, 9.17) is 14.9 Å². The standard InChI is InChI=1S/C8H16O4/c1-7(9)6-12-5-3-2-4-8(10)11/h7,9H,2-6H2,1H3,(H,10,11)/t7-/m1/s1. The Balaban J connectivity index is 2.96. The monoisotopic (exact) mass is 176 g/mol. The van der Waals surface area contributed by atoms with Crippen molar-refractivity contribution in [2.45, 2.75) is 32.3 Å². The number of ether oxygens (including phenoxy) is 1. The van der Waals surface area contributed by atoms with Crippen LogP contribution in [0.5, 0.6) is 0 Å². The van der Waals surface area contributed by atoms with Gasteiger partial charge in [0.15, 0.2) is 0 Å². The molecule has 0 saturated carbocycles. The highest BCUT2D eigenvalue weighted by atomic mass is 16.5. The number of aliphatic hydroxyl groups excluding tert-OH is 1.